The topological polar surface area (TPSA) is 38.3 Å². The quantitative estimate of drug-likeness (QED) is 0.811. The zero-order valence-electron chi connectivity index (χ0n) is 14.0. The molecule has 0 heterocycles. The van der Waals surface area contributed by atoms with Gasteiger partial charge in [-0.25, -0.2) is 4.39 Å². The first-order valence-corrected chi connectivity index (χ1v) is 8.27. The minimum atomic E-state index is -0.604. The number of carbonyl (C=O) groups excluding carboxylic acids is 1. The summed E-state index contributed by atoms with van der Waals surface area (Å²) in [6, 6.07) is 11.1. The molecular weight excluding hydrogens is 329 g/mol. The molecule has 0 fully saturated rings. The zero-order valence-corrected chi connectivity index (χ0v) is 14.7. The second kappa shape index (κ2) is 8.15. The Bertz CT molecular complexity index is 703. The van der Waals surface area contributed by atoms with Crippen molar-refractivity contribution in [1.29, 1.82) is 0 Å². The molecule has 3 nitrogen and oxygen atoms in total. The average molecular weight is 350 g/mol. The van der Waals surface area contributed by atoms with Crippen molar-refractivity contribution in [3.05, 3.63) is 64.4 Å². The van der Waals surface area contributed by atoms with Gasteiger partial charge in [0.05, 0.1) is 6.04 Å². The number of carbonyl (C=O) groups is 1. The molecule has 1 amide bonds. The first-order chi connectivity index (χ1) is 11.4. The van der Waals surface area contributed by atoms with E-state index in [1.807, 2.05) is 20.8 Å². The van der Waals surface area contributed by atoms with E-state index in [-0.39, 0.29) is 17.8 Å². The molecule has 2 atom stereocenters. The Morgan fingerprint density at radius 2 is 1.92 bits per heavy atom. The highest BCUT2D eigenvalue weighted by Crippen LogP contribution is 2.23. The Labute approximate surface area is 146 Å². The predicted molar refractivity (Wildman–Crippen MR) is 93.9 cm³/mol. The van der Waals surface area contributed by atoms with Crippen molar-refractivity contribution in [3.63, 3.8) is 0 Å². The number of nitrogens with one attached hydrogen (secondary N) is 1. The lowest BCUT2D eigenvalue weighted by atomic mass is 10.1. The lowest BCUT2D eigenvalue weighted by molar-refractivity contribution is -0.128. The lowest BCUT2D eigenvalue weighted by Crippen LogP contribution is -2.39. The van der Waals surface area contributed by atoms with Crippen LogP contribution in [0, 0.1) is 12.7 Å². The van der Waals surface area contributed by atoms with Crippen LogP contribution < -0.4 is 10.1 Å². The summed E-state index contributed by atoms with van der Waals surface area (Å²) in [7, 11) is 0. The maximum atomic E-state index is 13.0. The number of hydrogen-bond donors (Lipinski definition) is 1. The van der Waals surface area contributed by atoms with Gasteiger partial charge in [-0.05, 0) is 61.7 Å². The minimum absolute atomic E-state index is 0.205. The molecule has 0 aromatic heterocycles. The molecule has 0 aliphatic rings. The van der Waals surface area contributed by atoms with Gasteiger partial charge in [0.15, 0.2) is 6.10 Å². The highest BCUT2D eigenvalue weighted by atomic mass is 35.5. The molecule has 2 aromatic rings. The van der Waals surface area contributed by atoms with Crippen LogP contribution in [0.5, 0.6) is 5.75 Å². The van der Waals surface area contributed by atoms with Crippen molar-refractivity contribution in [1.82, 2.24) is 5.32 Å². The third kappa shape index (κ3) is 4.71. The van der Waals surface area contributed by atoms with Crippen molar-refractivity contribution in [2.75, 3.05) is 0 Å². The number of aryl methyl sites for hydroxylation is 1. The van der Waals surface area contributed by atoms with Gasteiger partial charge in [-0.2, -0.15) is 0 Å². The molecule has 24 heavy (non-hydrogen) atoms. The SMILES string of the molecule is CCC(Oc1ccc(Cl)cc1C)C(=O)NC(C)c1ccc(F)cc1. The number of rotatable bonds is 6. The Balaban J connectivity index is 2.04. The first kappa shape index (κ1) is 18.3. The first-order valence-electron chi connectivity index (χ1n) is 7.89. The minimum Gasteiger partial charge on any atom is -0.480 e. The number of amides is 1. The maximum Gasteiger partial charge on any atom is 0.261 e. The van der Waals surface area contributed by atoms with Crippen LogP contribution in [0.2, 0.25) is 5.02 Å². The standard InChI is InChI=1S/C19H21ClFNO2/c1-4-17(24-18-10-7-15(20)11-12(18)2)19(23)22-13(3)14-5-8-16(21)9-6-14/h5-11,13,17H,4H2,1-3H3,(H,22,23). The van der Waals surface area contributed by atoms with Crippen molar-refractivity contribution in [3.8, 4) is 5.75 Å². The second-order valence-electron chi connectivity index (χ2n) is 5.71. The average Bonchev–Trinajstić information content (AvgIpc) is 2.54. The van der Waals surface area contributed by atoms with Crippen LogP contribution in [0.1, 0.15) is 37.4 Å². The summed E-state index contributed by atoms with van der Waals surface area (Å²) in [4.78, 5) is 12.5. The molecule has 128 valence electrons. The van der Waals surface area contributed by atoms with E-state index in [9.17, 15) is 9.18 Å². The summed E-state index contributed by atoms with van der Waals surface area (Å²) < 4.78 is 18.8. The molecule has 2 aromatic carbocycles. The monoisotopic (exact) mass is 349 g/mol. The summed E-state index contributed by atoms with van der Waals surface area (Å²) in [5.41, 5.74) is 1.71. The number of ether oxygens (including phenoxy) is 1. The second-order valence-corrected chi connectivity index (χ2v) is 6.14. The Morgan fingerprint density at radius 1 is 1.25 bits per heavy atom. The Hall–Kier alpha value is -2.07. The van der Waals surface area contributed by atoms with Crippen LogP contribution >= 0.6 is 11.6 Å². The molecule has 0 radical (unpaired) electrons. The molecule has 0 aliphatic carbocycles. The molecular formula is C19H21ClFNO2. The fraction of sp³-hybridized carbons (Fsp3) is 0.316. The largest absolute Gasteiger partial charge is 0.480 e. The van der Waals surface area contributed by atoms with Crippen molar-refractivity contribution >= 4 is 17.5 Å². The van der Waals surface area contributed by atoms with Gasteiger partial charge in [-0.1, -0.05) is 30.7 Å². The van der Waals surface area contributed by atoms with E-state index in [0.717, 1.165) is 11.1 Å². The summed E-state index contributed by atoms with van der Waals surface area (Å²) in [6.07, 6.45) is -0.0721. The van der Waals surface area contributed by atoms with Gasteiger partial charge in [0, 0.05) is 5.02 Å². The normalized spacial score (nSPS) is 13.2. The van der Waals surface area contributed by atoms with Gasteiger partial charge >= 0.3 is 0 Å². The zero-order chi connectivity index (χ0) is 17.7. The number of hydrogen-bond acceptors (Lipinski definition) is 2. The van der Waals surface area contributed by atoms with E-state index in [1.54, 1.807) is 30.3 Å². The van der Waals surface area contributed by atoms with Crippen LogP contribution in [0.15, 0.2) is 42.5 Å². The van der Waals surface area contributed by atoms with E-state index in [2.05, 4.69) is 5.32 Å². The van der Waals surface area contributed by atoms with Crippen LogP contribution in [0.3, 0.4) is 0 Å². The molecule has 0 aliphatic heterocycles. The number of halogens is 2. The Morgan fingerprint density at radius 3 is 2.50 bits per heavy atom. The van der Waals surface area contributed by atoms with E-state index < -0.39 is 6.10 Å². The predicted octanol–water partition coefficient (Wildman–Crippen LogP) is 4.82. The van der Waals surface area contributed by atoms with Crippen molar-refractivity contribution < 1.29 is 13.9 Å². The maximum absolute atomic E-state index is 13.0. The molecule has 0 saturated heterocycles. The van der Waals surface area contributed by atoms with Gasteiger partial charge in [0.2, 0.25) is 0 Å². The number of benzene rings is 2. The summed E-state index contributed by atoms with van der Waals surface area (Å²) in [5.74, 6) is 0.129. The van der Waals surface area contributed by atoms with Crippen LogP contribution in [0.25, 0.3) is 0 Å². The van der Waals surface area contributed by atoms with Gasteiger partial charge in [-0.15, -0.1) is 0 Å². The third-order valence-corrected chi connectivity index (χ3v) is 4.03. The fourth-order valence-electron chi connectivity index (χ4n) is 2.36. The summed E-state index contributed by atoms with van der Waals surface area (Å²) >= 11 is 5.94. The molecule has 2 rings (SSSR count). The van der Waals surface area contributed by atoms with E-state index in [0.29, 0.717) is 17.2 Å². The van der Waals surface area contributed by atoms with Gasteiger partial charge in [-0.3, -0.25) is 4.79 Å². The molecule has 2 unspecified atom stereocenters. The van der Waals surface area contributed by atoms with E-state index in [4.69, 9.17) is 16.3 Å². The van der Waals surface area contributed by atoms with Crippen LogP contribution in [-0.4, -0.2) is 12.0 Å². The lowest BCUT2D eigenvalue weighted by Gasteiger charge is -2.21. The summed E-state index contributed by atoms with van der Waals surface area (Å²) in [5, 5.41) is 3.53. The van der Waals surface area contributed by atoms with E-state index in [1.165, 1.54) is 12.1 Å². The third-order valence-electron chi connectivity index (χ3n) is 3.80. The van der Waals surface area contributed by atoms with Crippen molar-refractivity contribution in [2.24, 2.45) is 0 Å². The molecule has 0 spiro atoms. The smallest absolute Gasteiger partial charge is 0.261 e. The fourth-order valence-corrected chi connectivity index (χ4v) is 2.59. The molecule has 0 bridgehead atoms. The highest BCUT2D eigenvalue weighted by Gasteiger charge is 2.21. The van der Waals surface area contributed by atoms with E-state index >= 15 is 0 Å². The molecule has 0 saturated carbocycles. The van der Waals surface area contributed by atoms with Crippen LogP contribution in [-0.2, 0) is 4.79 Å². The van der Waals surface area contributed by atoms with Gasteiger partial charge < -0.3 is 10.1 Å². The van der Waals surface area contributed by atoms with Crippen molar-refractivity contribution in [2.45, 2.75) is 39.3 Å². The molecule has 5 heteroatoms. The Kier molecular flexibility index (Phi) is 6.21. The van der Waals surface area contributed by atoms with Crippen LogP contribution in [0.4, 0.5) is 4.39 Å². The summed E-state index contributed by atoms with van der Waals surface area (Å²) in [6.45, 7) is 5.62. The van der Waals surface area contributed by atoms with Gasteiger partial charge in [0.1, 0.15) is 11.6 Å². The molecule has 1 N–H and O–H groups in total. The van der Waals surface area contributed by atoms with Gasteiger partial charge in [0.25, 0.3) is 5.91 Å². The highest BCUT2D eigenvalue weighted by molar-refractivity contribution is 6.30.